The van der Waals surface area contributed by atoms with Gasteiger partial charge in [-0.1, -0.05) is 12.1 Å². The van der Waals surface area contributed by atoms with E-state index in [-0.39, 0.29) is 24.2 Å². The lowest BCUT2D eigenvalue weighted by atomic mass is 9.79. The van der Waals surface area contributed by atoms with Crippen molar-refractivity contribution >= 4 is 28.7 Å². The van der Waals surface area contributed by atoms with E-state index in [0.29, 0.717) is 12.2 Å². The molecule has 0 heterocycles. The van der Waals surface area contributed by atoms with E-state index in [2.05, 4.69) is 18.8 Å². The number of carbonyl (C=O) groups excluding carboxylic acids is 1. The molecule has 0 saturated heterocycles. The predicted octanol–water partition coefficient (Wildman–Crippen LogP) is 1.32. The summed E-state index contributed by atoms with van der Waals surface area (Å²) in [6.07, 6.45) is 3.60. The number of rotatable bonds is 10. The molecule has 0 unspecified atom stereocenters. The molecule has 1 aromatic rings. The fourth-order valence-electron chi connectivity index (χ4n) is 2.12. The molecule has 0 saturated carbocycles. The Balaban J connectivity index is 2.69. The Hall–Kier alpha value is -1.52. The standard InChI is InChI=1S/C17H28BF2NO5S/c1-21(17(22)25-9-10-27(2,3)4)8-7-13-11-14(18(23)24)5-6-15(13)26-12-16(19)20/h5-6,11,16,23-24H,7-10,12H2,1-4H3. The molecule has 0 radical (unpaired) electrons. The van der Waals surface area contributed by atoms with Crippen LogP contribution in [0.3, 0.4) is 0 Å². The maximum Gasteiger partial charge on any atom is 0.488 e. The summed E-state index contributed by atoms with van der Waals surface area (Å²) in [5.74, 6) is 1.03. The monoisotopic (exact) mass is 407 g/mol. The summed E-state index contributed by atoms with van der Waals surface area (Å²) in [6.45, 7) is -0.158. The molecule has 1 aromatic carbocycles. The van der Waals surface area contributed by atoms with Crippen LogP contribution in [0.25, 0.3) is 0 Å². The molecular weight excluding hydrogens is 379 g/mol. The highest BCUT2D eigenvalue weighted by molar-refractivity contribution is 8.32. The molecule has 0 aliphatic heterocycles. The van der Waals surface area contributed by atoms with Crippen molar-refractivity contribution in [1.82, 2.24) is 4.90 Å². The van der Waals surface area contributed by atoms with Gasteiger partial charge in [-0.15, -0.1) is 0 Å². The largest absolute Gasteiger partial charge is 0.488 e. The lowest BCUT2D eigenvalue weighted by molar-refractivity contribution is 0.0813. The summed E-state index contributed by atoms with van der Waals surface area (Å²) in [5.41, 5.74) is 0.716. The first kappa shape index (κ1) is 23.5. The predicted molar refractivity (Wildman–Crippen MR) is 106 cm³/mol. The molecule has 1 amide bonds. The van der Waals surface area contributed by atoms with E-state index in [4.69, 9.17) is 9.47 Å². The molecule has 0 aliphatic rings. The first-order valence-electron chi connectivity index (χ1n) is 8.43. The van der Waals surface area contributed by atoms with Crippen LogP contribution in [0.15, 0.2) is 18.2 Å². The zero-order valence-electron chi connectivity index (χ0n) is 16.2. The van der Waals surface area contributed by atoms with Crippen LogP contribution in [0, 0.1) is 0 Å². The average Bonchev–Trinajstić information content (AvgIpc) is 2.56. The van der Waals surface area contributed by atoms with Crippen LogP contribution in [-0.2, 0) is 11.2 Å². The molecule has 0 aromatic heterocycles. The molecular formula is C17H28BF2NO5S. The van der Waals surface area contributed by atoms with Gasteiger partial charge in [0, 0.05) is 19.3 Å². The number of alkyl halides is 2. The number of amides is 1. The Morgan fingerprint density at radius 2 is 1.96 bits per heavy atom. The van der Waals surface area contributed by atoms with Gasteiger partial charge < -0.3 is 24.4 Å². The summed E-state index contributed by atoms with van der Waals surface area (Å²) in [5, 5.41) is 18.6. The van der Waals surface area contributed by atoms with Crippen molar-refractivity contribution in [3.63, 3.8) is 0 Å². The number of hydrogen-bond acceptors (Lipinski definition) is 5. The summed E-state index contributed by atoms with van der Waals surface area (Å²) in [7, 11) is -0.858. The third-order valence-corrected chi connectivity index (χ3v) is 5.09. The Bertz CT molecular complexity index is 613. The van der Waals surface area contributed by atoms with Crippen LogP contribution >= 0.6 is 10.0 Å². The van der Waals surface area contributed by atoms with Gasteiger partial charge in [-0.3, -0.25) is 0 Å². The second-order valence-electron chi connectivity index (χ2n) is 7.02. The zero-order valence-corrected chi connectivity index (χ0v) is 17.0. The fourth-order valence-corrected chi connectivity index (χ4v) is 2.70. The van der Waals surface area contributed by atoms with E-state index in [9.17, 15) is 23.6 Å². The summed E-state index contributed by atoms with van der Waals surface area (Å²) < 4.78 is 35.1. The average molecular weight is 407 g/mol. The molecule has 0 fully saturated rings. The van der Waals surface area contributed by atoms with E-state index in [0.717, 1.165) is 5.75 Å². The van der Waals surface area contributed by atoms with Crippen molar-refractivity contribution in [2.45, 2.75) is 12.8 Å². The Morgan fingerprint density at radius 1 is 1.30 bits per heavy atom. The molecule has 154 valence electrons. The van der Waals surface area contributed by atoms with Crippen LogP contribution in [0.2, 0.25) is 0 Å². The minimum atomic E-state index is -2.62. The minimum Gasteiger partial charge on any atom is -0.487 e. The number of carbonyl (C=O) groups is 1. The molecule has 1 rings (SSSR count). The molecule has 0 atom stereocenters. The Labute approximate surface area is 160 Å². The summed E-state index contributed by atoms with van der Waals surface area (Å²) in [4.78, 5) is 13.4. The highest BCUT2D eigenvalue weighted by Gasteiger charge is 2.17. The second-order valence-corrected chi connectivity index (χ2v) is 11.6. The molecule has 10 heteroatoms. The van der Waals surface area contributed by atoms with E-state index >= 15 is 0 Å². The molecule has 2 N–H and O–H groups in total. The normalized spacial score (nSPS) is 12.0. The van der Waals surface area contributed by atoms with Crippen LogP contribution in [0.1, 0.15) is 5.56 Å². The third kappa shape index (κ3) is 9.30. The second kappa shape index (κ2) is 10.7. The molecule has 0 bridgehead atoms. The molecule has 0 spiro atoms. The van der Waals surface area contributed by atoms with E-state index in [1.165, 1.54) is 23.1 Å². The lowest BCUT2D eigenvalue weighted by Gasteiger charge is -2.25. The number of nitrogens with zero attached hydrogens (tertiary/aromatic N) is 1. The summed E-state index contributed by atoms with van der Waals surface area (Å²) in [6, 6.07) is 4.27. The fraction of sp³-hybridized carbons (Fsp3) is 0.588. The van der Waals surface area contributed by atoms with Crippen molar-refractivity contribution in [1.29, 1.82) is 0 Å². The van der Waals surface area contributed by atoms with Crippen molar-refractivity contribution in [2.75, 3.05) is 51.3 Å². The summed E-state index contributed by atoms with van der Waals surface area (Å²) >= 11 is 0. The zero-order chi connectivity index (χ0) is 20.6. The molecule has 27 heavy (non-hydrogen) atoms. The minimum absolute atomic E-state index is 0.216. The van der Waals surface area contributed by atoms with Gasteiger partial charge in [0.05, 0.1) is 0 Å². The highest BCUT2D eigenvalue weighted by atomic mass is 32.3. The number of benzene rings is 1. The number of hydrogen-bond donors (Lipinski definition) is 2. The van der Waals surface area contributed by atoms with Gasteiger partial charge in [0.15, 0.2) is 0 Å². The van der Waals surface area contributed by atoms with Crippen molar-refractivity contribution in [2.24, 2.45) is 0 Å². The molecule has 0 aliphatic carbocycles. The maximum absolute atomic E-state index is 12.4. The number of ether oxygens (including phenoxy) is 2. The van der Waals surface area contributed by atoms with Gasteiger partial charge in [0.25, 0.3) is 6.43 Å². The first-order valence-corrected chi connectivity index (χ1v) is 11.5. The van der Waals surface area contributed by atoms with Gasteiger partial charge in [-0.05, 0) is 42.3 Å². The van der Waals surface area contributed by atoms with E-state index in [1.54, 1.807) is 7.05 Å². The first-order chi connectivity index (χ1) is 12.5. The van der Waals surface area contributed by atoms with Crippen LogP contribution in [0.4, 0.5) is 13.6 Å². The quantitative estimate of drug-likeness (QED) is 0.572. The highest BCUT2D eigenvalue weighted by Crippen LogP contribution is 2.33. The lowest BCUT2D eigenvalue weighted by Crippen LogP contribution is -2.32. The van der Waals surface area contributed by atoms with Gasteiger partial charge in [0.2, 0.25) is 0 Å². The van der Waals surface area contributed by atoms with Crippen molar-refractivity contribution in [3.8, 4) is 5.75 Å². The Kier molecular flexibility index (Phi) is 9.34. The number of likely N-dealkylation sites (N-methyl/N-ethyl adjacent to an activating group) is 1. The van der Waals surface area contributed by atoms with Crippen LogP contribution in [0.5, 0.6) is 5.75 Å². The number of halogens is 2. The van der Waals surface area contributed by atoms with E-state index in [1.807, 2.05) is 0 Å². The van der Waals surface area contributed by atoms with Crippen LogP contribution < -0.4 is 10.2 Å². The van der Waals surface area contributed by atoms with Gasteiger partial charge in [-0.25, -0.2) is 23.6 Å². The smallest absolute Gasteiger partial charge is 0.487 e. The van der Waals surface area contributed by atoms with Crippen molar-refractivity contribution < 1.29 is 33.1 Å². The topological polar surface area (TPSA) is 79.2 Å². The van der Waals surface area contributed by atoms with Crippen LogP contribution in [-0.4, -0.2) is 85.9 Å². The van der Waals surface area contributed by atoms with Gasteiger partial charge in [0.1, 0.15) is 19.0 Å². The van der Waals surface area contributed by atoms with E-state index < -0.39 is 36.3 Å². The molecule has 6 nitrogen and oxygen atoms in total. The van der Waals surface area contributed by atoms with Crippen molar-refractivity contribution in [3.05, 3.63) is 23.8 Å². The third-order valence-electron chi connectivity index (χ3n) is 3.70. The Morgan fingerprint density at radius 3 is 2.52 bits per heavy atom. The van der Waals surface area contributed by atoms with Gasteiger partial charge >= 0.3 is 13.2 Å². The SMILES string of the molecule is CN(CCc1cc(B(O)O)ccc1OCC(F)F)C(=O)OCCS(C)(C)C. The van der Waals surface area contributed by atoms with Gasteiger partial charge in [-0.2, -0.15) is 0 Å². The maximum atomic E-state index is 12.4.